The fourth-order valence-corrected chi connectivity index (χ4v) is 2.61. The van der Waals surface area contributed by atoms with Crippen molar-refractivity contribution in [3.63, 3.8) is 0 Å². The number of rotatable bonds is 6. The fourth-order valence-electron chi connectivity index (χ4n) is 2.61. The summed E-state index contributed by atoms with van der Waals surface area (Å²) in [5.74, 6) is 0.772. The largest absolute Gasteiger partial charge is 0.314 e. The molecule has 1 unspecified atom stereocenters. The summed E-state index contributed by atoms with van der Waals surface area (Å²) in [6.07, 6.45) is 6.34. The first-order valence-electron chi connectivity index (χ1n) is 6.75. The molecule has 0 spiro atoms. The second-order valence-electron chi connectivity index (χ2n) is 5.12. The lowest BCUT2D eigenvalue weighted by atomic mass is 9.80. The minimum absolute atomic E-state index is 0.124. The molecule has 1 aromatic rings. The van der Waals surface area contributed by atoms with E-state index >= 15 is 0 Å². The van der Waals surface area contributed by atoms with Crippen LogP contribution in [0.2, 0.25) is 0 Å². The van der Waals surface area contributed by atoms with Gasteiger partial charge in [-0.2, -0.15) is 0 Å². The van der Waals surface area contributed by atoms with Crippen LogP contribution in [0.3, 0.4) is 0 Å². The van der Waals surface area contributed by atoms with E-state index in [4.69, 9.17) is 0 Å². The average molecular weight is 235 g/mol. The Morgan fingerprint density at radius 2 is 2.24 bits per heavy atom. The fraction of sp³-hybridized carbons (Fsp3) is 0.600. The Kier molecular flexibility index (Phi) is 4.55. The molecule has 1 fully saturated rings. The maximum absolute atomic E-state index is 13.1. The van der Waals surface area contributed by atoms with Crippen molar-refractivity contribution in [3.8, 4) is 0 Å². The Labute approximate surface area is 103 Å². The molecule has 1 aromatic carbocycles. The summed E-state index contributed by atoms with van der Waals surface area (Å²) in [7, 11) is 0. The number of benzene rings is 1. The van der Waals surface area contributed by atoms with Crippen molar-refractivity contribution in [2.24, 2.45) is 5.92 Å². The van der Waals surface area contributed by atoms with E-state index in [0.717, 1.165) is 24.4 Å². The summed E-state index contributed by atoms with van der Waals surface area (Å²) in [5.41, 5.74) is 1.11. The molecule has 0 heterocycles. The Bertz CT molecular complexity index is 347. The van der Waals surface area contributed by atoms with E-state index in [9.17, 15) is 4.39 Å². The van der Waals surface area contributed by atoms with Crippen molar-refractivity contribution in [1.29, 1.82) is 0 Å². The summed E-state index contributed by atoms with van der Waals surface area (Å²) in [6.45, 7) is 3.13. The molecule has 2 heteroatoms. The van der Waals surface area contributed by atoms with Gasteiger partial charge in [-0.25, -0.2) is 4.39 Å². The van der Waals surface area contributed by atoms with Gasteiger partial charge in [0.15, 0.2) is 0 Å². The molecule has 0 aromatic heterocycles. The zero-order valence-electron chi connectivity index (χ0n) is 10.6. The molecule has 1 nitrogen and oxygen atoms in total. The third kappa shape index (κ3) is 3.81. The van der Waals surface area contributed by atoms with Gasteiger partial charge in [-0.3, -0.25) is 0 Å². The highest BCUT2D eigenvalue weighted by Crippen LogP contribution is 2.31. The van der Waals surface area contributed by atoms with Crippen LogP contribution in [-0.2, 0) is 6.42 Å². The summed E-state index contributed by atoms with van der Waals surface area (Å²) in [5, 5.41) is 3.53. The van der Waals surface area contributed by atoms with Crippen LogP contribution in [-0.4, -0.2) is 12.6 Å². The van der Waals surface area contributed by atoms with Gasteiger partial charge < -0.3 is 5.32 Å². The highest BCUT2D eigenvalue weighted by atomic mass is 19.1. The third-order valence-corrected chi connectivity index (χ3v) is 3.71. The monoisotopic (exact) mass is 235 g/mol. The molecule has 0 saturated heterocycles. The van der Waals surface area contributed by atoms with Gasteiger partial charge >= 0.3 is 0 Å². The standard InChI is InChI=1S/C15H22FN/c1-2-17-15(10-12-5-3-6-12)11-13-7-4-8-14(16)9-13/h4,7-9,12,15,17H,2-3,5-6,10-11H2,1H3. The summed E-state index contributed by atoms with van der Waals surface area (Å²) < 4.78 is 13.1. The lowest BCUT2D eigenvalue weighted by Gasteiger charge is -2.30. The van der Waals surface area contributed by atoms with Crippen LogP contribution >= 0.6 is 0 Å². The number of hydrogen-bond donors (Lipinski definition) is 1. The van der Waals surface area contributed by atoms with Gasteiger partial charge in [0.2, 0.25) is 0 Å². The van der Waals surface area contributed by atoms with Crippen LogP contribution in [0.25, 0.3) is 0 Å². The topological polar surface area (TPSA) is 12.0 Å². The van der Waals surface area contributed by atoms with Crippen LogP contribution < -0.4 is 5.32 Å². The van der Waals surface area contributed by atoms with E-state index < -0.39 is 0 Å². The average Bonchev–Trinajstić information content (AvgIpc) is 2.23. The van der Waals surface area contributed by atoms with E-state index in [0.29, 0.717) is 6.04 Å². The molecule has 17 heavy (non-hydrogen) atoms. The highest BCUT2D eigenvalue weighted by Gasteiger charge is 2.21. The van der Waals surface area contributed by atoms with Gasteiger partial charge in [0, 0.05) is 6.04 Å². The normalized spacial score (nSPS) is 17.8. The molecular weight excluding hydrogens is 213 g/mol. The van der Waals surface area contributed by atoms with Gasteiger partial charge in [0.05, 0.1) is 0 Å². The SMILES string of the molecule is CCNC(Cc1cccc(F)c1)CC1CCC1. The maximum atomic E-state index is 13.1. The number of likely N-dealkylation sites (N-methyl/N-ethyl adjacent to an activating group) is 1. The van der Waals surface area contributed by atoms with Crippen molar-refractivity contribution in [1.82, 2.24) is 5.32 Å². The van der Waals surface area contributed by atoms with E-state index in [-0.39, 0.29) is 5.82 Å². The Balaban J connectivity index is 1.91. The van der Waals surface area contributed by atoms with E-state index in [2.05, 4.69) is 12.2 Å². The predicted octanol–water partition coefficient (Wildman–Crippen LogP) is 3.54. The molecular formula is C15H22FN. The first-order valence-corrected chi connectivity index (χ1v) is 6.75. The minimum atomic E-state index is -0.124. The van der Waals surface area contributed by atoms with Crippen LogP contribution in [0.5, 0.6) is 0 Å². The highest BCUT2D eigenvalue weighted by molar-refractivity contribution is 5.17. The molecule has 2 rings (SSSR count). The lowest BCUT2D eigenvalue weighted by Crippen LogP contribution is -2.34. The van der Waals surface area contributed by atoms with Crippen LogP contribution in [0.1, 0.15) is 38.2 Å². The predicted molar refractivity (Wildman–Crippen MR) is 69.5 cm³/mol. The second-order valence-corrected chi connectivity index (χ2v) is 5.12. The van der Waals surface area contributed by atoms with Crippen LogP contribution in [0.4, 0.5) is 4.39 Å². The molecule has 1 saturated carbocycles. The van der Waals surface area contributed by atoms with Crippen molar-refractivity contribution in [2.75, 3.05) is 6.54 Å². The lowest BCUT2D eigenvalue weighted by molar-refractivity contribution is 0.260. The van der Waals surface area contributed by atoms with E-state index in [1.54, 1.807) is 12.1 Å². The molecule has 0 aliphatic heterocycles. The van der Waals surface area contributed by atoms with Crippen molar-refractivity contribution in [3.05, 3.63) is 35.6 Å². The Morgan fingerprint density at radius 1 is 1.41 bits per heavy atom. The van der Waals surface area contributed by atoms with Gasteiger partial charge in [-0.1, -0.05) is 38.3 Å². The van der Waals surface area contributed by atoms with E-state index in [1.165, 1.54) is 31.7 Å². The quantitative estimate of drug-likeness (QED) is 0.795. The molecule has 1 aliphatic carbocycles. The van der Waals surface area contributed by atoms with Crippen LogP contribution in [0, 0.1) is 11.7 Å². The van der Waals surface area contributed by atoms with Gasteiger partial charge in [0.1, 0.15) is 5.82 Å². The summed E-state index contributed by atoms with van der Waals surface area (Å²) in [4.78, 5) is 0. The maximum Gasteiger partial charge on any atom is 0.123 e. The molecule has 1 atom stereocenters. The second kappa shape index (κ2) is 6.15. The van der Waals surface area contributed by atoms with Gasteiger partial charge in [-0.15, -0.1) is 0 Å². The number of hydrogen-bond acceptors (Lipinski definition) is 1. The summed E-state index contributed by atoms with van der Waals surface area (Å²) >= 11 is 0. The number of nitrogens with one attached hydrogen (secondary N) is 1. The molecule has 94 valence electrons. The smallest absolute Gasteiger partial charge is 0.123 e. The molecule has 0 bridgehead atoms. The van der Waals surface area contributed by atoms with Crippen molar-refractivity contribution >= 4 is 0 Å². The zero-order valence-corrected chi connectivity index (χ0v) is 10.6. The first kappa shape index (κ1) is 12.6. The molecule has 1 N–H and O–H groups in total. The minimum Gasteiger partial charge on any atom is -0.314 e. The molecule has 0 radical (unpaired) electrons. The Hall–Kier alpha value is -0.890. The zero-order chi connectivity index (χ0) is 12.1. The molecule has 1 aliphatic rings. The van der Waals surface area contributed by atoms with Gasteiger partial charge in [-0.05, 0) is 43.0 Å². The van der Waals surface area contributed by atoms with E-state index in [1.807, 2.05) is 6.07 Å². The van der Waals surface area contributed by atoms with Crippen molar-refractivity contribution in [2.45, 2.75) is 45.1 Å². The summed E-state index contributed by atoms with van der Waals surface area (Å²) in [6, 6.07) is 7.50. The third-order valence-electron chi connectivity index (χ3n) is 3.71. The van der Waals surface area contributed by atoms with Crippen LogP contribution in [0.15, 0.2) is 24.3 Å². The number of halogens is 1. The molecule has 0 amide bonds. The van der Waals surface area contributed by atoms with Gasteiger partial charge in [0.25, 0.3) is 0 Å². The Morgan fingerprint density at radius 3 is 2.82 bits per heavy atom. The first-order chi connectivity index (χ1) is 8.28. The van der Waals surface area contributed by atoms with Crippen molar-refractivity contribution < 1.29 is 4.39 Å².